The average Bonchev–Trinajstić information content (AvgIpc) is 2.13. The Morgan fingerprint density at radius 1 is 1.38 bits per heavy atom. The Hall–Kier alpha value is -1.09. The van der Waals surface area contributed by atoms with Gasteiger partial charge in [-0.05, 0) is 25.0 Å². The van der Waals surface area contributed by atoms with Gasteiger partial charge < -0.3 is 5.32 Å². The first-order valence-corrected chi connectivity index (χ1v) is 4.38. The molecule has 0 saturated heterocycles. The number of hydrogen-bond donors (Lipinski definition) is 1. The molecule has 0 atom stereocenters. The molecule has 3 nitrogen and oxygen atoms in total. The van der Waals surface area contributed by atoms with Gasteiger partial charge in [-0.2, -0.15) is 0 Å². The van der Waals surface area contributed by atoms with E-state index in [2.05, 4.69) is 22.1 Å². The third-order valence-electron chi connectivity index (χ3n) is 1.88. The molecule has 0 aromatic carbocycles. The van der Waals surface area contributed by atoms with Gasteiger partial charge in [-0.15, -0.1) is 16.8 Å². The van der Waals surface area contributed by atoms with E-state index in [1.165, 1.54) is 0 Å². The van der Waals surface area contributed by atoms with E-state index in [-0.39, 0.29) is 0 Å². The smallest absolute Gasteiger partial charge is 0.155 e. The molecular weight excluding hydrogens is 186 g/mol. The summed E-state index contributed by atoms with van der Waals surface area (Å²) in [5, 5.41) is 11.3. The molecule has 4 heteroatoms. The molecule has 0 saturated carbocycles. The minimum absolute atomic E-state index is 0.460. The monoisotopic (exact) mass is 197 g/mol. The fourth-order valence-electron chi connectivity index (χ4n) is 0.913. The second-order valence-electron chi connectivity index (χ2n) is 2.76. The Balaban J connectivity index is 2.96. The van der Waals surface area contributed by atoms with Crippen LogP contribution in [0.2, 0.25) is 5.15 Å². The third-order valence-corrected chi connectivity index (χ3v) is 2.24. The molecule has 1 heterocycles. The van der Waals surface area contributed by atoms with Crippen LogP contribution in [0.25, 0.3) is 0 Å². The quantitative estimate of drug-likeness (QED) is 0.756. The fraction of sp³-hybridized carbons (Fsp3) is 0.333. The van der Waals surface area contributed by atoms with E-state index in [1.807, 2.05) is 13.8 Å². The van der Waals surface area contributed by atoms with E-state index in [1.54, 1.807) is 6.08 Å². The maximum absolute atomic E-state index is 5.80. The zero-order chi connectivity index (χ0) is 9.84. The zero-order valence-electron chi connectivity index (χ0n) is 7.76. The van der Waals surface area contributed by atoms with Crippen LogP contribution in [-0.4, -0.2) is 16.7 Å². The molecule has 0 amide bonds. The number of nitrogens with one attached hydrogen (secondary N) is 1. The minimum atomic E-state index is 0.460. The molecule has 1 aromatic rings. The van der Waals surface area contributed by atoms with Gasteiger partial charge in [0.15, 0.2) is 11.0 Å². The molecule has 0 aliphatic carbocycles. The normalized spacial score (nSPS) is 9.77. The number of rotatable bonds is 3. The Kier molecular flexibility index (Phi) is 3.25. The summed E-state index contributed by atoms with van der Waals surface area (Å²) in [5.74, 6) is 0.766. The summed E-state index contributed by atoms with van der Waals surface area (Å²) < 4.78 is 0. The number of anilines is 1. The van der Waals surface area contributed by atoms with Gasteiger partial charge in [0.05, 0.1) is 0 Å². The Morgan fingerprint density at radius 3 is 2.69 bits per heavy atom. The first kappa shape index (κ1) is 9.99. The predicted octanol–water partition coefficient (Wildman–Crippen LogP) is 2.34. The van der Waals surface area contributed by atoms with Crippen molar-refractivity contribution in [2.24, 2.45) is 0 Å². The van der Waals surface area contributed by atoms with E-state index in [4.69, 9.17) is 11.6 Å². The fourth-order valence-corrected chi connectivity index (χ4v) is 1.09. The van der Waals surface area contributed by atoms with Crippen LogP contribution in [0.15, 0.2) is 12.7 Å². The van der Waals surface area contributed by atoms with E-state index in [0.29, 0.717) is 11.7 Å². The summed E-state index contributed by atoms with van der Waals surface area (Å²) >= 11 is 5.80. The van der Waals surface area contributed by atoms with Crippen molar-refractivity contribution in [1.29, 1.82) is 0 Å². The molecule has 13 heavy (non-hydrogen) atoms. The molecule has 1 aromatic heterocycles. The number of halogens is 1. The Labute approximate surface area is 82.8 Å². The van der Waals surface area contributed by atoms with E-state index < -0.39 is 0 Å². The summed E-state index contributed by atoms with van der Waals surface area (Å²) in [6, 6.07) is 0. The van der Waals surface area contributed by atoms with Gasteiger partial charge in [0, 0.05) is 6.54 Å². The SMILES string of the molecule is C=CCNc1nnc(Cl)c(C)c1C. The lowest BCUT2D eigenvalue weighted by atomic mass is 10.2. The van der Waals surface area contributed by atoms with Crippen molar-refractivity contribution in [3.63, 3.8) is 0 Å². The van der Waals surface area contributed by atoms with Gasteiger partial charge in [0.25, 0.3) is 0 Å². The topological polar surface area (TPSA) is 37.8 Å². The lowest BCUT2D eigenvalue weighted by Gasteiger charge is -2.08. The van der Waals surface area contributed by atoms with Gasteiger partial charge >= 0.3 is 0 Å². The lowest BCUT2D eigenvalue weighted by molar-refractivity contribution is 0.989. The molecule has 0 spiro atoms. The van der Waals surface area contributed by atoms with Crippen molar-refractivity contribution in [3.8, 4) is 0 Å². The highest BCUT2D eigenvalue weighted by Gasteiger charge is 2.06. The molecule has 70 valence electrons. The molecule has 0 radical (unpaired) electrons. The molecular formula is C9H12ClN3. The molecule has 0 aliphatic rings. The van der Waals surface area contributed by atoms with E-state index in [9.17, 15) is 0 Å². The standard InChI is InChI=1S/C9H12ClN3/c1-4-5-11-9-7(3)6(2)8(10)12-13-9/h4H,1,5H2,2-3H3,(H,11,13). The second kappa shape index (κ2) is 4.23. The van der Waals surface area contributed by atoms with Crippen LogP contribution < -0.4 is 5.32 Å². The van der Waals surface area contributed by atoms with E-state index >= 15 is 0 Å². The van der Waals surface area contributed by atoms with Crippen LogP contribution in [0.5, 0.6) is 0 Å². The lowest BCUT2D eigenvalue weighted by Crippen LogP contribution is -2.05. The molecule has 1 rings (SSSR count). The van der Waals surface area contributed by atoms with Crippen LogP contribution >= 0.6 is 11.6 Å². The number of nitrogens with zero attached hydrogens (tertiary/aromatic N) is 2. The maximum atomic E-state index is 5.80. The zero-order valence-corrected chi connectivity index (χ0v) is 8.52. The van der Waals surface area contributed by atoms with Gasteiger partial charge in [-0.1, -0.05) is 17.7 Å². The van der Waals surface area contributed by atoms with Crippen LogP contribution in [-0.2, 0) is 0 Å². The van der Waals surface area contributed by atoms with E-state index in [0.717, 1.165) is 16.9 Å². The summed E-state index contributed by atoms with van der Waals surface area (Å²) in [5.41, 5.74) is 1.99. The van der Waals surface area contributed by atoms with Crippen molar-refractivity contribution in [2.45, 2.75) is 13.8 Å². The van der Waals surface area contributed by atoms with Gasteiger partial charge in [0.2, 0.25) is 0 Å². The minimum Gasteiger partial charge on any atom is -0.365 e. The molecule has 0 unspecified atom stereocenters. The summed E-state index contributed by atoms with van der Waals surface area (Å²) in [6.07, 6.45) is 1.77. The van der Waals surface area contributed by atoms with Crippen molar-refractivity contribution in [3.05, 3.63) is 28.9 Å². The average molecular weight is 198 g/mol. The van der Waals surface area contributed by atoms with Crippen LogP contribution in [0.4, 0.5) is 5.82 Å². The molecule has 0 bridgehead atoms. The highest BCUT2D eigenvalue weighted by Crippen LogP contribution is 2.19. The first-order chi connectivity index (χ1) is 6.16. The second-order valence-corrected chi connectivity index (χ2v) is 3.12. The van der Waals surface area contributed by atoms with Crippen molar-refractivity contribution < 1.29 is 0 Å². The van der Waals surface area contributed by atoms with Crippen LogP contribution in [0.1, 0.15) is 11.1 Å². The van der Waals surface area contributed by atoms with Crippen molar-refractivity contribution in [2.75, 3.05) is 11.9 Å². The van der Waals surface area contributed by atoms with Crippen molar-refractivity contribution >= 4 is 17.4 Å². The first-order valence-electron chi connectivity index (χ1n) is 4.01. The number of hydrogen-bond acceptors (Lipinski definition) is 3. The summed E-state index contributed by atoms with van der Waals surface area (Å²) in [7, 11) is 0. The third kappa shape index (κ3) is 2.18. The largest absolute Gasteiger partial charge is 0.365 e. The van der Waals surface area contributed by atoms with Crippen LogP contribution in [0, 0.1) is 13.8 Å². The van der Waals surface area contributed by atoms with Crippen molar-refractivity contribution in [1.82, 2.24) is 10.2 Å². The van der Waals surface area contributed by atoms with Crippen LogP contribution in [0.3, 0.4) is 0 Å². The van der Waals surface area contributed by atoms with Gasteiger partial charge in [-0.3, -0.25) is 0 Å². The summed E-state index contributed by atoms with van der Waals surface area (Å²) in [4.78, 5) is 0. The Morgan fingerprint density at radius 2 is 2.08 bits per heavy atom. The maximum Gasteiger partial charge on any atom is 0.155 e. The predicted molar refractivity (Wildman–Crippen MR) is 55.2 cm³/mol. The molecule has 1 N–H and O–H groups in total. The molecule has 0 aliphatic heterocycles. The van der Waals surface area contributed by atoms with Gasteiger partial charge in [-0.25, -0.2) is 0 Å². The Bertz CT molecular complexity index is 323. The highest BCUT2D eigenvalue weighted by molar-refractivity contribution is 6.30. The van der Waals surface area contributed by atoms with Gasteiger partial charge in [0.1, 0.15) is 0 Å². The number of aromatic nitrogens is 2. The summed E-state index contributed by atoms with van der Waals surface area (Å²) in [6.45, 7) is 8.17. The molecule has 0 fully saturated rings. The highest BCUT2D eigenvalue weighted by atomic mass is 35.5.